The van der Waals surface area contributed by atoms with Gasteiger partial charge in [-0.15, -0.1) is 0 Å². The maximum absolute atomic E-state index is 13.6. The Morgan fingerprint density at radius 1 is 1.05 bits per heavy atom. The topological polar surface area (TPSA) is 12.0 Å². The zero-order valence-corrected chi connectivity index (χ0v) is 11.9. The molecule has 0 saturated heterocycles. The van der Waals surface area contributed by atoms with Crippen LogP contribution in [-0.2, 0) is 0 Å². The Balaban J connectivity index is 2.26. The first-order chi connectivity index (χ1) is 9.19. The Bertz CT molecular complexity index is 487. The summed E-state index contributed by atoms with van der Waals surface area (Å²) in [6, 6.07) is 0.0301. The maximum atomic E-state index is 13.6. The molecular formula is C15H19F4N. The molecule has 0 aliphatic heterocycles. The average molecular weight is 289 g/mol. The third kappa shape index (κ3) is 3.07. The van der Waals surface area contributed by atoms with E-state index in [4.69, 9.17) is 0 Å². The van der Waals surface area contributed by atoms with Gasteiger partial charge in [0.1, 0.15) is 5.69 Å². The van der Waals surface area contributed by atoms with Crippen LogP contribution < -0.4 is 5.32 Å². The molecule has 1 aromatic carbocycles. The maximum Gasteiger partial charge on any atom is 0.185 e. The van der Waals surface area contributed by atoms with Gasteiger partial charge in [0.05, 0.1) is 0 Å². The van der Waals surface area contributed by atoms with E-state index in [9.17, 15) is 17.6 Å². The molecule has 112 valence electrons. The number of hydrogen-bond acceptors (Lipinski definition) is 1. The summed E-state index contributed by atoms with van der Waals surface area (Å²) in [5, 5.41) is 2.66. The molecule has 1 fully saturated rings. The molecular weight excluding hydrogens is 270 g/mol. The number of rotatable bonds is 2. The summed E-state index contributed by atoms with van der Waals surface area (Å²) in [5.74, 6) is -5.09. The minimum Gasteiger partial charge on any atom is -0.377 e. The van der Waals surface area contributed by atoms with Gasteiger partial charge in [-0.05, 0) is 30.6 Å². The lowest BCUT2D eigenvalue weighted by Crippen LogP contribution is -2.36. The Morgan fingerprint density at radius 3 is 2.10 bits per heavy atom. The van der Waals surface area contributed by atoms with Crippen LogP contribution in [0.4, 0.5) is 23.2 Å². The number of anilines is 1. The monoisotopic (exact) mass is 289 g/mol. The van der Waals surface area contributed by atoms with Crippen LogP contribution in [0, 0.1) is 34.6 Å². The highest BCUT2D eigenvalue weighted by molar-refractivity contribution is 5.48. The fourth-order valence-corrected chi connectivity index (χ4v) is 3.36. The van der Waals surface area contributed by atoms with Crippen LogP contribution in [0.3, 0.4) is 0 Å². The third-order valence-corrected chi connectivity index (χ3v) is 3.85. The van der Waals surface area contributed by atoms with Gasteiger partial charge >= 0.3 is 0 Å². The third-order valence-electron chi connectivity index (χ3n) is 3.85. The van der Waals surface area contributed by atoms with Crippen molar-refractivity contribution >= 4 is 5.69 Å². The molecule has 0 heterocycles. The normalized spacial score (nSPS) is 25.6. The van der Waals surface area contributed by atoms with Crippen molar-refractivity contribution in [1.82, 2.24) is 0 Å². The Morgan fingerprint density at radius 2 is 1.60 bits per heavy atom. The van der Waals surface area contributed by atoms with E-state index in [1.807, 2.05) is 0 Å². The summed E-state index contributed by atoms with van der Waals surface area (Å²) in [6.45, 7) is 6.22. The summed E-state index contributed by atoms with van der Waals surface area (Å²) in [6.07, 6.45) is 2.45. The lowest BCUT2D eigenvalue weighted by atomic mass is 9.70. The van der Waals surface area contributed by atoms with Crippen molar-refractivity contribution in [2.24, 2.45) is 11.3 Å². The van der Waals surface area contributed by atoms with Crippen LogP contribution in [0.15, 0.2) is 6.07 Å². The Hall–Kier alpha value is -1.26. The summed E-state index contributed by atoms with van der Waals surface area (Å²) < 4.78 is 53.6. The molecule has 0 bridgehead atoms. The quantitative estimate of drug-likeness (QED) is 0.605. The van der Waals surface area contributed by atoms with Gasteiger partial charge in [0, 0.05) is 12.1 Å². The van der Waals surface area contributed by atoms with Gasteiger partial charge in [0.15, 0.2) is 23.3 Å². The van der Waals surface area contributed by atoms with Crippen molar-refractivity contribution in [3.63, 3.8) is 0 Å². The van der Waals surface area contributed by atoms with Gasteiger partial charge in [0.25, 0.3) is 0 Å². The molecule has 2 unspecified atom stereocenters. The van der Waals surface area contributed by atoms with E-state index in [0.717, 1.165) is 12.8 Å². The van der Waals surface area contributed by atoms with E-state index in [1.165, 1.54) is 0 Å². The van der Waals surface area contributed by atoms with Gasteiger partial charge in [0.2, 0.25) is 0 Å². The highest BCUT2D eigenvalue weighted by Crippen LogP contribution is 2.40. The fraction of sp³-hybridized carbons (Fsp3) is 0.600. The van der Waals surface area contributed by atoms with E-state index in [-0.39, 0.29) is 17.5 Å². The first-order valence-electron chi connectivity index (χ1n) is 6.79. The van der Waals surface area contributed by atoms with Crippen LogP contribution in [0.5, 0.6) is 0 Å². The summed E-state index contributed by atoms with van der Waals surface area (Å²) in [7, 11) is 0. The molecule has 1 N–H and O–H groups in total. The second kappa shape index (κ2) is 5.26. The van der Waals surface area contributed by atoms with Crippen LogP contribution in [-0.4, -0.2) is 6.04 Å². The van der Waals surface area contributed by atoms with E-state index in [1.54, 1.807) is 0 Å². The van der Waals surface area contributed by atoms with E-state index >= 15 is 0 Å². The van der Waals surface area contributed by atoms with Crippen molar-refractivity contribution in [1.29, 1.82) is 0 Å². The van der Waals surface area contributed by atoms with E-state index in [0.29, 0.717) is 12.3 Å². The molecule has 1 aliphatic carbocycles. The highest BCUT2D eigenvalue weighted by Gasteiger charge is 2.33. The molecule has 1 nitrogen and oxygen atoms in total. The second-order valence-electron chi connectivity index (χ2n) is 6.60. The second-order valence-corrected chi connectivity index (χ2v) is 6.60. The predicted octanol–water partition coefficient (Wildman–Crippen LogP) is 4.87. The molecule has 2 rings (SSSR count). The Labute approximate surface area is 116 Å². The van der Waals surface area contributed by atoms with Gasteiger partial charge in [-0.3, -0.25) is 0 Å². The molecule has 20 heavy (non-hydrogen) atoms. The first kappa shape index (κ1) is 15.1. The lowest BCUT2D eigenvalue weighted by Gasteiger charge is -2.39. The molecule has 0 amide bonds. The lowest BCUT2D eigenvalue weighted by molar-refractivity contribution is 0.177. The van der Waals surface area contributed by atoms with Crippen molar-refractivity contribution in [3.05, 3.63) is 29.3 Å². The first-order valence-corrected chi connectivity index (χ1v) is 6.79. The predicted molar refractivity (Wildman–Crippen MR) is 70.5 cm³/mol. The molecule has 1 aliphatic rings. The standard InChI is InChI=1S/C15H19F4N/c1-8-4-9(7-15(2,3)6-8)20-14-12(18)10(16)5-11(17)13(14)19/h5,8-9,20H,4,6-7H2,1-3H3. The van der Waals surface area contributed by atoms with Gasteiger partial charge < -0.3 is 5.32 Å². The van der Waals surface area contributed by atoms with E-state index in [2.05, 4.69) is 26.1 Å². The number of benzene rings is 1. The van der Waals surface area contributed by atoms with Crippen molar-refractivity contribution in [2.75, 3.05) is 5.32 Å². The molecule has 2 atom stereocenters. The zero-order chi connectivity index (χ0) is 15.1. The smallest absolute Gasteiger partial charge is 0.185 e. The fourth-order valence-electron chi connectivity index (χ4n) is 3.36. The summed E-state index contributed by atoms with van der Waals surface area (Å²) >= 11 is 0. The van der Waals surface area contributed by atoms with Crippen LogP contribution >= 0.6 is 0 Å². The largest absolute Gasteiger partial charge is 0.377 e. The zero-order valence-electron chi connectivity index (χ0n) is 11.9. The molecule has 5 heteroatoms. The van der Waals surface area contributed by atoms with Gasteiger partial charge in [-0.2, -0.15) is 0 Å². The minimum atomic E-state index is -1.38. The number of halogens is 4. The van der Waals surface area contributed by atoms with Gasteiger partial charge in [-0.1, -0.05) is 20.8 Å². The van der Waals surface area contributed by atoms with Crippen LogP contribution in [0.1, 0.15) is 40.0 Å². The summed E-state index contributed by atoms with van der Waals surface area (Å²) in [4.78, 5) is 0. The number of hydrogen-bond donors (Lipinski definition) is 1. The Kier molecular flexibility index (Phi) is 3.98. The van der Waals surface area contributed by atoms with Crippen molar-refractivity contribution in [3.8, 4) is 0 Å². The van der Waals surface area contributed by atoms with Gasteiger partial charge in [-0.25, -0.2) is 17.6 Å². The van der Waals surface area contributed by atoms with Crippen molar-refractivity contribution < 1.29 is 17.6 Å². The van der Waals surface area contributed by atoms with Crippen LogP contribution in [0.2, 0.25) is 0 Å². The number of nitrogens with one attached hydrogen (secondary N) is 1. The van der Waals surface area contributed by atoms with E-state index < -0.39 is 29.0 Å². The average Bonchev–Trinajstić information content (AvgIpc) is 2.29. The molecule has 0 spiro atoms. The summed E-state index contributed by atoms with van der Waals surface area (Å²) in [5.41, 5.74) is -0.661. The molecule has 1 aromatic rings. The molecule has 1 saturated carbocycles. The molecule has 0 radical (unpaired) electrons. The van der Waals surface area contributed by atoms with Crippen molar-refractivity contribution in [2.45, 2.75) is 46.1 Å². The highest BCUT2D eigenvalue weighted by atomic mass is 19.2. The minimum absolute atomic E-state index is 0.0359. The van der Waals surface area contributed by atoms with Crippen LogP contribution in [0.25, 0.3) is 0 Å². The molecule has 0 aromatic heterocycles. The SMILES string of the molecule is CC1CC(Nc2c(F)c(F)cc(F)c2F)CC(C)(C)C1.